The van der Waals surface area contributed by atoms with Crippen LogP contribution in [0.5, 0.6) is 0 Å². The number of ether oxygens (including phenoxy) is 1. The van der Waals surface area contributed by atoms with Gasteiger partial charge in [0.1, 0.15) is 11.3 Å². The van der Waals surface area contributed by atoms with Crippen LogP contribution >= 0.6 is 0 Å². The molecule has 1 aromatic heterocycles. The fourth-order valence-electron chi connectivity index (χ4n) is 4.97. The quantitative estimate of drug-likeness (QED) is 0.345. The highest BCUT2D eigenvalue weighted by atomic mass is 16.5. The van der Waals surface area contributed by atoms with Crippen LogP contribution in [0.1, 0.15) is 46.0 Å². The van der Waals surface area contributed by atoms with Gasteiger partial charge < -0.3 is 19.5 Å². The summed E-state index contributed by atoms with van der Waals surface area (Å²) in [5, 5.41) is 8.39. The van der Waals surface area contributed by atoms with Crippen LogP contribution in [0.25, 0.3) is 22.2 Å². The number of nitrogens with one attached hydrogen (secondary N) is 1. The van der Waals surface area contributed by atoms with Crippen LogP contribution in [0.15, 0.2) is 59.1 Å². The Bertz CT molecular complexity index is 1540. The normalized spacial score (nSPS) is 14.6. The lowest BCUT2D eigenvalue weighted by Gasteiger charge is -2.29. The summed E-state index contributed by atoms with van der Waals surface area (Å²) in [6, 6.07) is 16.2. The fraction of sp³-hybridized carbons (Fsp3) is 0.214. The topological polar surface area (TPSA) is 102 Å². The number of anilines is 3. The summed E-state index contributed by atoms with van der Waals surface area (Å²) in [5.41, 5.74) is 4.75. The van der Waals surface area contributed by atoms with Crippen molar-refractivity contribution < 1.29 is 23.6 Å². The number of benzene rings is 3. The summed E-state index contributed by atoms with van der Waals surface area (Å²) in [5.74, 6) is 0.242. The minimum atomic E-state index is -0.414. The van der Waals surface area contributed by atoms with Crippen LogP contribution in [0.2, 0.25) is 0 Å². The van der Waals surface area contributed by atoms with Crippen molar-refractivity contribution in [1.82, 2.24) is 5.16 Å². The number of esters is 1. The predicted molar refractivity (Wildman–Crippen MR) is 135 cm³/mol. The maximum atomic E-state index is 13.8. The monoisotopic (exact) mass is 481 g/mol. The first-order valence-electron chi connectivity index (χ1n) is 12.0. The molecule has 1 aliphatic carbocycles. The van der Waals surface area contributed by atoms with Gasteiger partial charge in [0.15, 0.2) is 11.5 Å². The molecule has 0 spiro atoms. The van der Waals surface area contributed by atoms with Gasteiger partial charge in [-0.3, -0.25) is 9.59 Å². The zero-order chi connectivity index (χ0) is 24.8. The molecule has 1 saturated heterocycles. The minimum Gasteiger partial charge on any atom is -0.462 e. The number of hydrogen-bond acceptors (Lipinski definition) is 8. The fourth-order valence-corrected chi connectivity index (χ4v) is 4.97. The lowest BCUT2D eigenvalue weighted by Crippen LogP contribution is -2.34. The third-order valence-electron chi connectivity index (χ3n) is 6.69. The van der Waals surface area contributed by atoms with Gasteiger partial charge in [0.25, 0.3) is 0 Å². The molecule has 0 bridgehead atoms. The van der Waals surface area contributed by atoms with Gasteiger partial charge in [0.05, 0.1) is 34.5 Å². The summed E-state index contributed by atoms with van der Waals surface area (Å²) in [7, 11) is 0. The van der Waals surface area contributed by atoms with E-state index in [9.17, 15) is 14.4 Å². The number of rotatable bonds is 5. The van der Waals surface area contributed by atoms with Crippen LogP contribution in [0.4, 0.5) is 17.1 Å². The molecular formula is C28H23N3O5. The van der Waals surface area contributed by atoms with E-state index in [0.29, 0.717) is 76.2 Å². The SMILES string of the molecule is CCOC(=O)c1cccc(Nc2cc(N3CCC(=O)CC3)c3noc4c3c2C(=O)c2ccccc2-4)c1. The van der Waals surface area contributed by atoms with Gasteiger partial charge in [-0.05, 0) is 31.2 Å². The first-order chi connectivity index (χ1) is 17.5. The van der Waals surface area contributed by atoms with E-state index in [1.54, 1.807) is 31.2 Å². The highest BCUT2D eigenvalue weighted by Gasteiger charge is 2.34. The number of Topliss-reactive ketones (excluding diaryl/α,β-unsaturated/α-hetero) is 1. The Kier molecular flexibility index (Phi) is 5.29. The summed E-state index contributed by atoms with van der Waals surface area (Å²) >= 11 is 0. The van der Waals surface area contributed by atoms with E-state index in [-0.39, 0.29) is 18.2 Å². The number of fused-ring (bicyclic) bond motifs is 2. The number of aromatic nitrogens is 1. The molecule has 2 aliphatic rings. The number of carbonyl (C=O) groups is 3. The van der Waals surface area contributed by atoms with Gasteiger partial charge in [0, 0.05) is 42.7 Å². The Morgan fingerprint density at radius 3 is 2.61 bits per heavy atom. The standard InChI is InChI=1S/C28H23N3O5/c1-2-35-28(34)16-6-5-7-17(14-16)29-21-15-22(31-12-10-18(32)11-13-31)25-24-23(21)26(33)19-8-3-4-9-20(19)27(24)36-30-25/h3-9,14-15,29H,2,10-13H2,1H3. The molecule has 0 radical (unpaired) electrons. The van der Waals surface area contributed by atoms with Crippen molar-refractivity contribution in [3.8, 4) is 11.3 Å². The Morgan fingerprint density at radius 1 is 1.06 bits per heavy atom. The summed E-state index contributed by atoms with van der Waals surface area (Å²) < 4.78 is 11.0. The molecule has 8 heteroatoms. The van der Waals surface area contributed by atoms with E-state index >= 15 is 0 Å². The summed E-state index contributed by atoms with van der Waals surface area (Å²) in [6.07, 6.45) is 0.917. The first-order valence-corrected chi connectivity index (χ1v) is 12.0. The molecule has 4 aromatic rings. The van der Waals surface area contributed by atoms with Crippen LogP contribution in [-0.2, 0) is 9.53 Å². The van der Waals surface area contributed by atoms with Gasteiger partial charge >= 0.3 is 5.97 Å². The van der Waals surface area contributed by atoms with E-state index in [1.165, 1.54) is 0 Å². The molecule has 0 atom stereocenters. The number of nitrogens with zero attached hydrogens (tertiary/aromatic N) is 2. The average molecular weight is 482 g/mol. The summed E-state index contributed by atoms with van der Waals surface area (Å²) in [6.45, 7) is 3.18. The molecule has 180 valence electrons. The molecule has 36 heavy (non-hydrogen) atoms. The van der Waals surface area contributed by atoms with Crippen LogP contribution in [0.3, 0.4) is 0 Å². The largest absolute Gasteiger partial charge is 0.462 e. The van der Waals surface area contributed by atoms with E-state index < -0.39 is 5.97 Å². The van der Waals surface area contributed by atoms with Crippen LogP contribution in [-0.4, -0.2) is 42.4 Å². The Labute approximate surface area is 206 Å². The zero-order valence-electron chi connectivity index (χ0n) is 19.7. The number of carbonyl (C=O) groups excluding carboxylic acids is 3. The smallest absolute Gasteiger partial charge is 0.338 e. The van der Waals surface area contributed by atoms with E-state index in [4.69, 9.17) is 9.26 Å². The van der Waals surface area contributed by atoms with Crippen molar-refractivity contribution >= 4 is 45.5 Å². The lowest BCUT2D eigenvalue weighted by atomic mass is 9.86. The molecule has 8 nitrogen and oxygen atoms in total. The van der Waals surface area contributed by atoms with Crippen molar-refractivity contribution in [2.24, 2.45) is 0 Å². The van der Waals surface area contributed by atoms with E-state index in [1.807, 2.05) is 30.3 Å². The molecule has 1 N–H and O–H groups in total. The molecule has 0 unspecified atom stereocenters. The Hall–Kier alpha value is -4.46. The predicted octanol–water partition coefficient (Wildman–Crippen LogP) is 5.13. The molecular weight excluding hydrogens is 458 g/mol. The lowest BCUT2D eigenvalue weighted by molar-refractivity contribution is -0.119. The van der Waals surface area contributed by atoms with Gasteiger partial charge in [0.2, 0.25) is 0 Å². The maximum Gasteiger partial charge on any atom is 0.338 e. The second kappa shape index (κ2) is 8.64. The van der Waals surface area contributed by atoms with E-state index in [2.05, 4.69) is 15.4 Å². The van der Waals surface area contributed by atoms with Crippen molar-refractivity contribution in [3.63, 3.8) is 0 Å². The molecule has 2 heterocycles. The van der Waals surface area contributed by atoms with Gasteiger partial charge in [-0.2, -0.15) is 0 Å². The third kappa shape index (κ3) is 3.53. The maximum absolute atomic E-state index is 13.8. The van der Waals surface area contributed by atoms with E-state index in [0.717, 1.165) is 5.69 Å². The highest BCUT2D eigenvalue weighted by molar-refractivity contribution is 6.29. The van der Waals surface area contributed by atoms with Crippen molar-refractivity contribution in [2.75, 3.05) is 29.9 Å². The third-order valence-corrected chi connectivity index (χ3v) is 6.69. The number of hydrogen-bond donors (Lipinski definition) is 1. The molecule has 0 saturated carbocycles. The van der Waals surface area contributed by atoms with Crippen molar-refractivity contribution in [3.05, 3.63) is 71.3 Å². The molecule has 0 amide bonds. The van der Waals surface area contributed by atoms with Crippen LogP contribution in [0, 0.1) is 0 Å². The molecule has 3 aromatic carbocycles. The highest BCUT2D eigenvalue weighted by Crippen LogP contribution is 2.46. The zero-order valence-corrected chi connectivity index (χ0v) is 19.7. The van der Waals surface area contributed by atoms with Gasteiger partial charge in [-0.1, -0.05) is 35.5 Å². The average Bonchev–Trinajstić information content (AvgIpc) is 3.34. The number of piperidine rings is 1. The van der Waals surface area contributed by atoms with Crippen LogP contribution < -0.4 is 10.2 Å². The Morgan fingerprint density at radius 2 is 1.83 bits per heavy atom. The molecule has 6 rings (SSSR count). The molecule has 1 aliphatic heterocycles. The van der Waals surface area contributed by atoms with Crippen molar-refractivity contribution in [2.45, 2.75) is 19.8 Å². The first kappa shape index (κ1) is 22.0. The number of ketones is 2. The van der Waals surface area contributed by atoms with Gasteiger partial charge in [-0.25, -0.2) is 4.79 Å². The molecule has 1 fully saturated rings. The second-order valence-corrected chi connectivity index (χ2v) is 8.88. The Balaban J connectivity index is 1.53. The summed E-state index contributed by atoms with van der Waals surface area (Å²) in [4.78, 5) is 40.0. The second-order valence-electron chi connectivity index (χ2n) is 8.88. The van der Waals surface area contributed by atoms with Crippen molar-refractivity contribution in [1.29, 1.82) is 0 Å². The van der Waals surface area contributed by atoms with Gasteiger partial charge in [-0.15, -0.1) is 0 Å². The minimum absolute atomic E-state index is 0.129.